The molecule has 0 spiro atoms. The summed E-state index contributed by atoms with van der Waals surface area (Å²) in [5.74, 6) is -0.0492. The lowest BCUT2D eigenvalue weighted by Crippen LogP contribution is -2.33. The number of carbonyl (C=O) groups is 1. The van der Waals surface area contributed by atoms with Gasteiger partial charge in [-0.25, -0.2) is 4.98 Å². The Labute approximate surface area is 127 Å². The van der Waals surface area contributed by atoms with Crippen molar-refractivity contribution in [2.24, 2.45) is 0 Å². The predicted octanol–water partition coefficient (Wildman–Crippen LogP) is 2.53. The SMILES string of the molecule is Cc1ccc(-c2nc3[nH]nc(C)c3c3c2C(=O)NCC3)cc1. The van der Waals surface area contributed by atoms with Crippen molar-refractivity contribution in [2.75, 3.05) is 6.54 Å². The van der Waals surface area contributed by atoms with Crippen molar-refractivity contribution in [3.8, 4) is 11.3 Å². The summed E-state index contributed by atoms with van der Waals surface area (Å²) in [6.07, 6.45) is 0.805. The standard InChI is InChI=1S/C17H16N4O/c1-9-3-5-11(6-4-9)15-14-12(7-8-18-17(14)22)13-10(2)20-21-16(13)19-15/h3-6H,7-8H2,1-2H3,(H,18,22)(H,19,20,21). The van der Waals surface area contributed by atoms with Crippen LogP contribution in [0.1, 0.15) is 27.2 Å². The van der Waals surface area contributed by atoms with Gasteiger partial charge in [-0.1, -0.05) is 29.8 Å². The molecule has 3 heterocycles. The number of nitrogens with zero attached hydrogens (tertiary/aromatic N) is 2. The van der Waals surface area contributed by atoms with Crippen molar-refractivity contribution >= 4 is 16.9 Å². The molecule has 4 rings (SSSR count). The molecule has 0 aliphatic carbocycles. The van der Waals surface area contributed by atoms with Crippen LogP contribution in [0.3, 0.4) is 0 Å². The summed E-state index contributed by atoms with van der Waals surface area (Å²) in [7, 11) is 0. The van der Waals surface area contributed by atoms with E-state index < -0.39 is 0 Å². The highest BCUT2D eigenvalue weighted by Crippen LogP contribution is 2.32. The number of aromatic amines is 1. The van der Waals surface area contributed by atoms with Crippen LogP contribution in [0.4, 0.5) is 0 Å². The largest absolute Gasteiger partial charge is 0.352 e. The first kappa shape index (κ1) is 13.0. The molecule has 3 aromatic rings. The Kier molecular flexibility index (Phi) is 2.76. The topological polar surface area (TPSA) is 70.7 Å². The fraction of sp³-hybridized carbons (Fsp3) is 0.235. The maximum absolute atomic E-state index is 12.4. The van der Waals surface area contributed by atoms with Gasteiger partial charge in [0.05, 0.1) is 17.0 Å². The first-order chi connectivity index (χ1) is 10.6. The Bertz CT molecular complexity index is 893. The molecule has 2 aromatic heterocycles. The molecule has 1 aromatic carbocycles. The third kappa shape index (κ3) is 1.82. The van der Waals surface area contributed by atoms with Gasteiger partial charge in [0, 0.05) is 17.5 Å². The molecular weight excluding hydrogens is 276 g/mol. The van der Waals surface area contributed by atoms with Gasteiger partial charge >= 0.3 is 0 Å². The van der Waals surface area contributed by atoms with Gasteiger partial charge in [-0.3, -0.25) is 9.89 Å². The third-order valence-electron chi connectivity index (χ3n) is 4.20. The molecule has 0 fully saturated rings. The number of H-pyrrole nitrogens is 1. The molecule has 0 atom stereocenters. The van der Waals surface area contributed by atoms with Crippen LogP contribution in [0.2, 0.25) is 0 Å². The van der Waals surface area contributed by atoms with Gasteiger partial charge in [0.1, 0.15) is 0 Å². The number of fused-ring (bicyclic) bond motifs is 3. The zero-order valence-electron chi connectivity index (χ0n) is 12.5. The number of aryl methyl sites for hydroxylation is 2. The molecule has 5 heteroatoms. The normalized spacial score (nSPS) is 14.0. The van der Waals surface area contributed by atoms with Gasteiger partial charge in [-0.2, -0.15) is 5.10 Å². The Morgan fingerprint density at radius 2 is 1.91 bits per heavy atom. The Morgan fingerprint density at radius 1 is 1.14 bits per heavy atom. The minimum atomic E-state index is -0.0492. The summed E-state index contributed by atoms with van der Waals surface area (Å²) in [5, 5.41) is 11.2. The number of carbonyl (C=O) groups excluding carboxylic acids is 1. The number of rotatable bonds is 1. The zero-order chi connectivity index (χ0) is 15.3. The first-order valence-corrected chi connectivity index (χ1v) is 7.38. The minimum absolute atomic E-state index is 0.0492. The highest BCUT2D eigenvalue weighted by atomic mass is 16.1. The summed E-state index contributed by atoms with van der Waals surface area (Å²) in [6, 6.07) is 8.09. The second kappa shape index (κ2) is 4.66. The van der Waals surface area contributed by atoms with E-state index in [2.05, 4.69) is 20.5 Å². The maximum Gasteiger partial charge on any atom is 0.253 e. The Morgan fingerprint density at radius 3 is 2.68 bits per heavy atom. The molecule has 0 saturated heterocycles. The van der Waals surface area contributed by atoms with Gasteiger partial charge in [-0.15, -0.1) is 0 Å². The predicted molar refractivity (Wildman–Crippen MR) is 84.8 cm³/mol. The van der Waals surface area contributed by atoms with Gasteiger partial charge in [0.25, 0.3) is 5.91 Å². The lowest BCUT2D eigenvalue weighted by atomic mass is 9.92. The molecule has 5 nitrogen and oxygen atoms in total. The smallest absolute Gasteiger partial charge is 0.253 e. The molecule has 0 saturated carbocycles. The van der Waals surface area contributed by atoms with E-state index in [-0.39, 0.29) is 5.91 Å². The molecule has 1 aliphatic heterocycles. The van der Waals surface area contributed by atoms with Crippen LogP contribution < -0.4 is 5.32 Å². The van der Waals surface area contributed by atoms with Gasteiger partial charge in [0.2, 0.25) is 0 Å². The molecule has 22 heavy (non-hydrogen) atoms. The number of amides is 1. The number of aromatic nitrogens is 3. The van der Waals surface area contributed by atoms with E-state index >= 15 is 0 Å². The summed E-state index contributed by atoms with van der Waals surface area (Å²) >= 11 is 0. The number of hydrogen-bond donors (Lipinski definition) is 2. The highest BCUT2D eigenvalue weighted by Gasteiger charge is 2.26. The molecule has 0 bridgehead atoms. The summed E-state index contributed by atoms with van der Waals surface area (Å²) in [5.41, 5.74) is 6.24. The molecule has 1 amide bonds. The zero-order valence-corrected chi connectivity index (χ0v) is 12.5. The highest BCUT2D eigenvalue weighted by molar-refractivity contribution is 6.06. The van der Waals surface area contributed by atoms with Gasteiger partial charge in [-0.05, 0) is 25.8 Å². The van der Waals surface area contributed by atoms with E-state index in [1.54, 1.807) is 0 Å². The quantitative estimate of drug-likeness (QED) is 0.724. The fourth-order valence-corrected chi connectivity index (χ4v) is 3.10. The van der Waals surface area contributed by atoms with Crippen LogP contribution in [0, 0.1) is 13.8 Å². The number of hydrogen-bond acceptors (Lipinski definition) is 3. The van der Waals surface area contributed by atoms with Crippen molar-refractivity contribution < 1.29 is 4.79 Å². The molecule has 2 N–H and O–H groups in total. The lowest BCUT2D eigenvalue weighted by Gasteiger charge is -2.20. The van der Waals surface area contributed by atoms with Crippen LogP contribution in [0.25, 0.3) is 22.3 Å². The van der Waals surface area contributed by atoms with Crippen LogP contribution in [0.15, 0.2) is 24.3 Å². The van der Waals surface area contributed by atoms with Gasteiger partial charge in [0.15, 0.2) is 5.65 Å². The van der Waals surface area contributed by atoms with E-state index in [9.17, 15) is 4.79 Å². The summed E-state index contributed by atoms with van der Waals surface area (Å²) in [6.45, 7) is 4.64. The third-order valence-corrected chi connectivity index (χ3v) is 4.20. The van der Waals surface area contributed by atoms with Crippen LogP contribution >= 0.6 is 0 Å². The summed E-state index contributed by atoms with van der Waals surface area (Å²) in [4.78, 5) is 17.1. The molecule has 0 unspecified atom stereocenters. The van der Waals surface area contributed by atoms with Crippen LogP contribution in [-0.2, 0) is 6.42 Å². The second-order valence-corrected chi connectivity index (χ2v) is 5.72. The van der Waals surface area contributed by atoms with E-state index in [0.29, 0.717) is 12.1 Å². The van der Waals surface area contributed by atoms with Crippen molar-refractivity contribution in [3.05, 3.63) is 46.6 Å². The van der Waals surface area contributed by atoms with Crippen molar-refractivity contribution in [2.45, 2.75) is 20.3 Å². The van der Waals surface area contributed by atoms with Gasteiger partial charge < -0.3 is 5.32 Å². The van der Waals surface area contributed by atoms with Crippen LogP contribution in [0.5, 0.6) is 0 Å². The van der Waals surface area contributed by atoms with Crippen molar-refractivity contribution in [3.63, 3.8) is 0 Å². The monoisotopic (exact) mass is 292 g/mol. The molecule has 110 valence electrons. The molecular formula is C17H16N4O. The molecule has 0 radical (unpaired) electrons. The molecule has 1 aliphatic rings. The van der Waals surface area contributed by atoms with E-state index in [1.165, 1.54) is 5.56 Å². The average molecular weight is 292 g/mol. The Hall–Kier alpha value is -2.69. The number of benzene rings is 1. The van der Waals surface area contributed by atoms with Crippen molar-refractivity contribution in [1.29, 1.82) is 0 Å². The minimum Gasteiger partial charge on any atom is -0.352 e. The Balaban J connectivity index is 2.08. The van der Waals surface area contributed by atoms with Crippen LogP contribution in [-0.4, -0.2) is 27.6 Å². The van der Waals surface area contributed by atoms with E-state index in [4.69, 9.17) is 0 Å². The lowest BCUT2D eigenvalue weighted by molar-refractivity contribution is 0.0947. The number of pyridine rings is 1. The number of nitrogens with one attached hydrogen (secondary N) is 2. The maximum atomic E-state index is 12.4. The van der Waals surface area contributed by atoms with E-state index in [0.717, 1.165) is 40.0 Å². The average Bonchev–Trinajstić information content (AvgIpc) is 2.89. The second-order valence-electron chi connectivity index (χ2n) is 5.72. The fourth-order valence-electron chi connectivity index (χ4n) is 3.10. The summed E-state index contributed by atoms with van der Waals surface area (Å²) < 4.78 is 0. The van der Waals surface area contributed by atoms with Crippen molar-refractivity contribution in [1.82, 2.24) is 20.5 Å². The first-order valence-electron chi connectivity index (χ1n) is 7.38. The van der Waals surface area contributed by atoms with E-state index in [1.807, 2.05) is 38.1 Å².